The fourth-order valence-electron chi connectivity index (χ4n) is 7.93. The van der Waals surface area contributed by atoms with Gasteiger partial charge in [-0.25, -0.2) is 0 Å². The minimum Gasteiger partial charge on any atom is -0.0622 e. The molecule has 0 nitrogen and oxygen atoms in total. The van der Waals surface area contributed by atoms with Gasteiger partial charge in [0.1, 0.15) is 0 Å². The molecule has 0 heterocycles. The molecule has 114 valence electrons. The Hall–Kier alpha value is 0. The van der Waals surface area contributed by atoms with Gasteiger partial charge in [-0.1, -0.05) is 48.5 Å². The molecule has 4 aliphatic rings. The van der Waals surface area contributed by atoms with Crippen LogP contribution in [0.15, 0.2) is 0 Å². The van der Waals surface area contributed by atoms with Gasteiger partial charge in [-0.15, -0.1) is 0 Å². The highest BCUT2D eigenvalue weighted by atomic mass is 14.8. The first kappa shape index (κ1) is 13.6. The Morgan fingerprint density at radius 1 is 0.800 bits per heavy atom. The van der Waals surface area contributed by atoms with Gasteiger partial charge in [-0.2, -0.15) is 0 Å². The fourth-order valence-corrected chi connectivity index (χ4v) is 7.93. The smallest absolute Gasteiger partial charge is 0.0263 e. The molecule has 4 saturated carbocycles. The van der Waals surface area contributed by atoms with Crippen LogP contribution >= 0.6 is 0 Å². The third-order valence-corrected chi connectivity index (χ3v) is 9.85. The molecule has 0 N–H and O–H groups in total. The van der Waals surface area contributed by atoms with E-state index in [0.717, 1.165) is 41.4 Å². The maximum atomic E-state index is 2.67. The highest BCUT2D eigenvalue weighted by Crippen LogP contribution is 2.80. The standard InChI is InChI=1S/C20H34/c1-11-8-12(2)20(7)10-13(11)16-14-9-15(17(16)20)19(5,6)18(14,3)4/h11-17H,8-10H2,1-7H3. The summed E-state index contributed by atoms with van der Waals surface area (Å²) in [6.07, 6.45) is 4.58. The molecule has 0 aromatic carbocycles. The minimum absolute atomic E-state index is 0.544. The predicted molar refractivity (Wildman–Crippen MR) is 85.3 cm³/mol. The summed E-state index contributed by atoms with van der Waals surface area (Å²) in [5.74, 6) is 7.08. The first-order valence-corrected chi connectivity index (χ1v) is 9.12. The van der Waals surface area contributed by atoms with E-state index in [9.17, 15) is 0 Å². The zero-order chi connectivity index (χ0) is 14.7. The van der Waals surface area contributed by atoms with Crippen LogP contribution < -0.4 is 0 Å². The summed E-state index contributed by atoms with van der Waals surface area (Å²) in [5, 5.41) is 0. The minimum atomic E-state index is 0.544. The van der Waals surface area contributed by atoms with Crippen LogP contribution in [-0.2, 0) is 0 Å². The molecular formula is C20H34. The van der Waals surface area contributed by atoms with Crippen LogP contribution in [0.25, 0.3) is 0 Å². The molecule has 4 bridgehead atoms. The summed E-state index contributed by atoms with van der Waals surface area (Å²) in [7, 11) is 0. The van der Waals surface area contributed by atoms with Crippen molar-refractivity contribution >= 4 is 0 Å². The monoisotopic (exact) mass is 274 g/mol. The second kappa shape index (κ2) is 3.49. The molecule has 20 heavy (non-hydrogen) atoms. The van der Waals surface area contributed by atoms with Crippen molar-refractivity contribution < 1.29 is 0 Å². The van der Waals surface area contributed by atoms with Crippen LogP contribution in [0, 0.1) is 57.7 Å². The van der Waals surface area contributed by atoms with Crippen molar-refractivity contribution in [3.63, 3.8) is 0 Å². The first-order chi connectivity index (χ1) is 9.12. The Bertz CT molecular complexity index is 445. The molecular weight excluding hydrogens is 240 g/mol. The van der Waals surface area contributed by atoms with E-state index in [1.165, 1.54) is 6.42 Å². The fraction of sp³-hybridized carbons (Fsp3) is 1.00. The van der Waals surface area contributed by atoms with Gasteiger partial charge in [0.05, 0.1) is 0 Å². The molecule has 8 unspecified atom stereocenters. The van der Waals surface area contributed by atoms with Gasteiger partial charge in [0.15, 0.2) is 0 Å². The number of hydrogen-bond acceptors (Lipinski definition) is 0. The van der Waals surface area contributed by atoms with Crippen molar-refractivity contribution in [2.75, 3.05) is 0 Å². The quantitative estimate of drug-likeness (QED) is 0.503. The van der Waals surface area contributed by atoms with Crippen LogP contribution in [0.4, 0.5) is 0 Å². The van der Waals surface area contributed by atoms with E-state index in [-0.39, 0.29) is 0 Å². The Morgan fingerprint density at radius 3 is 2.05 bits per heavy atom. The Kier molecular flexibility index (Phi) is 2.38. The maximum Gasteiger partial charge on any atom is -0.0263 e. The van der Waals surface area contributed by atoms with E-state index in [0.29, 0.717) is 16.2 Å². The lowest BCUT2D eigenvalue weighted by atomic mass is 9.51. The van der Waals surface area contributed by atoms with Gasteiger partial charge in [0.2, 0.25) is 0 Å². The van der Waals surface area contributed by atoms with E-state index in [1.54, 1.807) is 12.8 Å². The van der Waals surface area contributed by atoms with Gasteiger partial charge in [0.25, 0.3) is 0 Å². The van der Waals surface area contributed by atoms with E-state index >= 15 is 0 Å². The lowest BCUT2D eigenvalue weighted by Crippen LogP contribution is -2.48. The van der Waals surface area contributed by atoms with E-state index in [1.807, 2.05) is 0 Å². The molecule has 4 fully saturated rings. The summed E-state index contributed by atoms with van der Waals surface area (Å²) >= 11 is 0. The summed E-state index contributed by atoms with van der Waals surface area (Å²) in [6, 6.07) is 0. The summed E-state index contributed by atoms with van der Waals surface area (Å²) in [4.78, 5) is 0. The van der Waals surface area contributed by atoms with Crippen LogP contribution in [-0.4, -0.2) is 0 Å². The molecule has 0 saturated heterocycles. The molecule has 4 aliphatic carbocycles. The number of rotatable bonds is 0. The molecule has 0 aromatic heterocycles. The predicted octanol–water partition coefficient (Wildman–Crippen LogP) is 5.62. The average molecular weight is 274 g/mol. The molecule has 4 rings (SSSR count). The second-order valence-corrected chi connectivity index (χ2v) is 10.5. The van der Waals surface area contributed by atoms with Crippen LogP contribution in [0.2, 0.25) is 0 Å². The van der Waals surface area contributed by atoms with Crippen molar-refractivity contribution in [1.29, 1.82) is 0 Å². The SMILES string of the molecule is CC1CC(C)C2(C)CC1C1C2C2CC1C(C)(C)C2(C)C. The van der Waals surface area contributed by atoms with Crippen LogP contribution in [0.1, 0.15) is 67.7 Å². The molecule has 0 amide bonds. The summed E-state index contributed by atoms with van der Waals surface area (Å²) in [6.45, 7) is 18.2. The van der Waals surface area contributed by atoms with E-state index < -0.39 is 0 Å². The molecule has 0 radical (unpaired) electrons. The van der Waals surface area contributed by atoms with Crippen molar-refractivity contribution in [2.45, 2.75) is 67.7 Å². The lowest BCUT2D eigenvalue weighted by molar-refractivity contribution is -0.0593. The third-order valence-electron chi connectivity index (χ3n) is 9.85. The molecule has 0 aliphatic heterocycles. The van der Waals surface area contributed by atoms with Crippen LogP contribution in [0.5, 0.6) is 0 Å². The first-order valence-electron chi connectivity index (χ1n) is 9.12. The Labute approximate surface area is 126 Å². The molecule has 0 spiro atoms. The highest BCUT2D eigenvalue weighted by Gasteiger charge is 2.73. The summed E-state index contributed by atoms with van der Waals surface area (Å²) < 4.78 is 0. The van der Waals surface area contributed by atoms with Crippen molar-refractivity contribution in [3.05, 3.63) is 0 Å². The van der Waals surface area contributed by atoms with Gasteiger partial charge in [-0.3, -0.25) is 0 Å². The normalized spacial score (nSPS) is 61.6. The van der Waals surface area contributed by atoms with Gasteiger partial charge >= 0.3 is 0 Å². The number of fused-ring (bicyclic) bond motifs is 9. The van der Waals surface area contributed by atoms with Gasteiger partial charge in [0, 0.05) is 0 Å². The zero-order valence-corrected chi connectivity index (χ0v) is 14.7. The third kappa shape index (κ3) is 1.19. The molecule has 8 atom stereocenters. The van der Waals surface area contributed by atoms with Crippen molar-refractivity contribution in [1.82, 2.24) is 0 Å². The van der Waals surface area contributed by atoms with Crippen molar-refractivity contribution in [3.8, 4) is 0 Å². The van der Waals surface area contributed by atoms with Crippen LogP contribution in [0.3, 0.4) is 0 Å². The zero-order valence-electron chi connectivity index (χ0n) is 14.7. The Balaban J connectivity index is 1.84. The van der Waals surface area contributed by atoms with Gasteiger partial charge in [-0.05, 0) is 76.9 Å². The van der Waals surface area contributed by atoms with Crippen molar-refractivity contribution in [2.24, 2.45) is 57.7 Å². The average Bonchev–Trinajstić information content (AvgIpc) is 2.89. The second-order valence-electron chi connectivity index (χ2n) is 10.5. The van der Waals surface area contributed by atoms with E-state index in [2.05, 4.69) is 48.5 Å². The number of hydrogen-bond donors (Lipinski definition) is 0. The van der Waals surface area contributed by atoms with Gasteiger partial charge < -0.3 is 0 Å². The summed E-state index contributed by atoms with van der Waals surface area (Å²) in [5.41, 5.74) is 1.76. The largest absolute Gasteiger partial charge is 0.0622 e. The lowest BCUT2D eigenvalue weighted by Gasteiger charge is -2.54. The van der Waals surface area contributed by atoms with E-state index in [4.69, 9.17) is 0 Å². The maximum absolute atomic E-state index is 2.67. The molecule has 0 heteroatoms. The molecule has 0 aromatic rings. The topological polar surface area (TPSA) is 0 Å². The highest BCUT2D eigenvalue weighted by molar-refractivity contribution is 5.21. The Morgan fingerprint density at radius 2 is 1.40 bits per heavy atom.